The van der Waals surface area contributed by atoms with E-state index in [1.807, 2.05) is 0 Å². The number of fused-ring (bicyclic) bond motifs is 3. The molecule has 1 atom stereocenters. The van der Waals surface area contributed by atoms with Crippen molar-refractivity contribution in [2.75, 3.05) is 20.3 Å². The third-order valence-corrected chi connectivity index (χ3v) is 6.54. The van der Waals surface area contributed by atoms with Gasteiger partial charge in [0.25, 0.3) is 5.91 Å². The van der Waals surface area contributed by atoms with Crippen molar-refractivity contribution < 1.29 is 28.2 Å². The number of carbonyl (C=O) groups is 1. The van der Waals surface area contributed by atoms with E-state index in [2.05, 4.69) is 9.73 Å². The van der Waals surface area contributed by atoms with E-state index in [4.69, 9.17) is 10.5 Å². The number of halogens is 2. The summed E-state index contributed by atoms with van der Waals surface area (Å²) in [4.78, 5) is 19.8. The van der Waals surface area contributed by atoms with Crippen LogP contribution in [0, 0.1) is 5.41 Å². The van der Waals surface area contributed by atoms with E-state index in [1.165, 1.54) is 24.1 Å². The summed E-state index contributed by atoms with van der Waals surface area (Å²) in [5.74, 6) is -0.176. The van der Waals surface area contributed by atoms with E-state index < -0.39 is 23.7 Å². The number of nitrogens with zero attached hydrogens (tertiary/aromatic N) is 2. The molecule has 158 valence electrons. The number of guanidine groups is 1. The molecule has 0 saturated heterocycles. The summed E-state index contributed by atoms with van der Waals surface area (Å²) in [5.41, 5.74) is 5.76. The molecular weight excluding hydrogens is 384 g/mol. The van der Waals surface area contributed by atoms with Crippen molar-refractivity contribution in [1.82, 2.24) is 4.90 Å². The van der Waals surface area contributed by atoms with E-state index in [-0.39, 0.29) is 24.2 Å². The minimum absolute atomic E-state index is 0.0112. The first kappa shape index (κ1) is 20.0. The number of amides is 1. The number of nitrogens with two attached hydrogens (primary N) is 1. The van der Waals surface area contributed by atoms with Gasteiger partial charge in [0.15, 0.2) is 11.5 Å². The highest BCUT2D eigenvalue weighted by Gasteiger charge is 2.66. The standard InChI is InChI=1S/C20H25F2N3O4/c1-28-9-8-25-16(27)20(24-18(25)23)15-10-14(29-17(21)22)3-2-12(15)11-19(20)6-4-13(26)5-7-19/h2-3,10,13,17,26H,4-9,11H2,1H3,(H2,23,24). The number of benzene rings is 1. The maximum atomic E-state index is 13.7. The molecule has 1 aromatic carbocycles. The number of alkyl halides is 2. The Balaban J connectivity index is 1.83. The first-order valence-electron chi connectivity index (χ1n) is 9.75. The predicted octanol–water partition coefficient (Wildman–Crippen LogP) is 1.76. The molecule has 1 unspecified atom stereocenters. The summed E-state index contributed by atoms with van der Waals surface area (Å²) in [5, 5.41) is 10.1. The van der Waals surface area contributed by atoms with Gasteiger partial charge in [-0.1, -0.05) is 6.07 Å². The second-order valence-electron chi connectivity index (χ2n) is 8.02. The molecule has 1 amide bonds. The quantitative estimate of drug-likeness (QED) is 0.773. The van der Waals surface area contributed by atoms with Crippen molar-refractivity contribution in [3.63, 3.8) is 0 Å². The van der Waals surface area contributed by atoms with Gasteiger partial charge in [-0.3, -0.25) is 9.69 Å². The maximum Gasteiger partial charge on any atom is 0.387 e. The first-order chi connectivity index (χ1) is 13.8. The number of carbonyl (C=O) groups excluding carboxylic acids is 1. The lowest BCUT2D eigenvalue weighted by molar-refractivity contribution is -0.138. The van der Waals surface area contributed by atoms with Crippen molar-refractivity contribution >= 4 is 11.9 Å². The van der Waals surface area contributed by atoms with Crippen LogP contribution in [0.3, 0.4) is 0 Å². The normalized spacial score (nSPS) is 31.1. The second kappa shape index (κ2) is 7.21. The average Bonchev–Trinajstić information content (AvgIpc) is 3.08. The van der Waals surface area contributed by atoms with Crippen LogP contribution in [-0.4, -0.2) is 54.9 Å². The highest BCUT2D eigenvalue weighted by Crippen LogP contribution is 2.62. The van der Waals surface area contributed by atoms with Gasteiger partial charge in [-0.2, -0.15) is 8.78 Å². The molecule has 1 aliphatic heterocycles. The molecule has 0 radical (unpaired) electrons. The van der Waals surface area contributed by atoms with Crippen LogP contribution in [0.4, 0.5) is 8.78 Å². The Labute approximate surface area is 167 Å². The van der Waals surface area contributed by atoms with Gasteiger partial charge >= 0.3 is 6.61 Å². The molecule has 1 saturated carbocycles. The highest BCUT2D eigenvalue weighted by molar-refractivity contribution is 6.08. The number of aliphatic hydroxyl groups excluding tert-OH is 1. The van der Waals surface area contributed by atoms with Gasteiger partial charge in [-0.25, -0.2) is 4.99 Å². The smallest absolute Gasteiger partial charge is 0.387 e. The van der Waals surface area contributed by atoms with Crippen LogP contribution < -0.4 is 10.5 Å². The zero-order valence-electron chi connectivity index (χ0n) is 16.2. The molecule has 0 bridgehead atoms. The lowest BCUT2D eigenvalue weighted by Gasteiger charge is -2.44. The third kappa shape index (κ3) is 2.98. The number of aliphatic hydroxyl groups is 1. The lowest BCUT2D eigenvalue weighted by atomic mass is 9.61. The van der Waals surface area contributed by atoms with Crippen LogP contribution >= 0.6 is 0 Å². The molecule has 2 spiro atoms. The van der Waals surface area contributed by atoms with Crippen LogP contribution in [-0.2, 0) is 21.5 Å². The molecule has 7 nitrogen and oxygen atoms in total. The van der Waals surface area contributed by atoms with E-state index >= 15 is 0 Å². The average molecular weight is 409 g/mol. The molecule has 1 aromatic rings. The molecule has 1 heterocycles. The SMILES string of the molecule is COCCN1C(=O)C2(N=C1N)c1cc(OC(F)F)ccc1CC21CCC(O)CC1. The number of rotatable bonds is 5. The fourth-order valence-corrected chi connectivity index (χ4v) is 5.19. The topological polar surface area (TPSA) is 97.4 Å². The number of methoxy groups -OCH3 is 1. The van der Waals surface area contributed by atoms with Crippen LogP contribution in [0.1, 0.15) is 36.8 Å². The van der Waals surface area contributed by atoms with Crippen molar-refractivity contribution in [3.05, 3.63) is 29.3 Å². The van der Waals surface area contributed by atoms with Gasteiger partial charge < -0.3 is 20.3 Å². The van der Waals surface area contributed by atoms with Gasteiger partial charge in [-0.15, -0.1) is 0 Å². The number of hydrogen-bond donors (Lipinski definition) is 2. The number of ether oxygens (including phenoxy) is 2. The van der Waals surface area contributed by atoms with Crippen molar-refractivity contribution in [3.8, 4) is 5.75 Å². The minimum Gasteiger partial charge on any atom is -0.435 e. The van der Waals surface area contributed by atoms with Gasteiger partial charge in [0.2, 0.25) is 0 Å². The Morgan fingerprint density at radius 2 is 2.10 bits per heavy atom. The molecular formula is C20H25F2N3O4. The zero-order valence-corrected chi connectivity index (χ0v) is 16.2. The van der Waals surface area contributed by atoms with Crippen LogP contribution in [0.25, 0.3) is 0 Å². The molecule has 3 N–H and O–H groups in total. The Kier molecular flexibility index (Phi) is 4.98. The Hall–Kier alpha value is -2.26. The highest BCUT2D eigenvalue weighted by atomic mass is 19.3. The van der Waals surface area contributed by atoms with Gasteiger partial charge in [-0.05, 0) is 55.4 Å². The Morgan fingerprint density at radius 3 is 2.76 bits per heavy atom. The van der Waals surface area contributed by atoms with E-state index in [0.717, 1.165) is 5.56 Å². The lowest BCUT2D eigenvalue weighted by Crippen LogP contribution is -2.52. The zero-order chi connectivity index (χ0) is 20.8. The summed E-state index contributed by atoms with van der Waals surface area (Å²) >= 11 is 0. The fraction of sp³-hybridized carbons (Fsp3) is 0.600. The van der Waals surface area contributed by atoms with Crippen LogP contribution in [0.15, 0.2) is 23.2 Å². The summed E-state index contributed by atoms with van der Waals surface area (Å²) in [6, 6.07) is 4.71. The largest absolute Gasteiger partial charge is 0.435 e. The molecule has 29 heavy (non-hydrogen) atoms. The summed E-state index contributed by atoms with van der Waals surface area (Å²) in [6.07, 6.45) is 2.45. The van der Waals surface area contributed by atoms with Gasteiger partial charge in [0.05, 0.1) is 19.3 Å². The fourth-order valence-electron chi connectivity index (χ4n) is 5.19. The van der Waals surface area contributed by atoms with Crippen molar-refractivity contribution in [2.24, 2.45) is 16.1 Å². The molecule has 0 aromatic heterocycles. The monoisotopic (exact) mass is 409 g/mol. The summed E-state index contributed by atoms with van der Waals surface area (Å²) in [6.45, 7) is -2.41. The molecule has 9 heteroatoms. The van der Waals surface area contributed by atoms with E-state index in [1.54, 1.807) is 6.07 Å². The molecule has 3 aliphatic rings. The van der Waals surface area contributed by atoms with Crippen LogP contribution in [0.5, 0.6) is 5.75 Å². The van der Waals surface area contributed by atoms with Crippen LogP contribution in [0.2, 0.25) is 0 Å². The molecule has 2 aliphatic carbocycles. The van der Waals surface area contributed by atoms with Crippen molar-refractivity contribution in [2.45, 2.75) is 50.4 Å². The Bertz CT molecular complexity index is 839. The van der Waals surface area contributed by atoms with E-state index in [0.29, 0.717) is 44.3 Å². The van der Waals surface area contributed by atoms with Gasteiger partial charge in [0.1, 0.15) is 5.75 Å². The number of hydrogen-bond acceptors (Lipinski definition) is 6. The maximum absolute atomic E-state index is 13.7. The summed E-state index contributed by atoms with van der Waals surface area (Å²) in [7, 11) is 1.53. The van der Waals surface area contributed by atoms with Gasteiger partial charge in [0, 0.05) is 12.5 Å². The Morgan fingerprint density at radius 1 is 1.38 bits per heavy atom. The third-order valence-electron chi connectivity index (χ3n) is 6.54. The van der Waals surface area contributed by atoms with E-state index in [9.17, 15) is 18.7 Å². The summed E-state index contributed by atoms with van der Waals surface area (Å²) < 4.78 is 35.3. The molecule has 1 fully saturated rings. The first-order valence-corrected chi connectivity index (χ1v) is 9.75. The predicted molar refractivity (Wildman–Crippen MR) is 101 cm³/mol. The minimum atomic E-state index is -2.96. The molecule has 4 rings (SSSR count). The number of aliphatic imine (C=N–C) groups is 1. The second-order valence-corrected chi connectivity index (χ2v) is 8.02. The van der Waals surface area contributed by atoms with Crippen molar-refractivity contribution in [1.29, 1.82) is 0 Å².